The van der Waals surface area contributed by atoms with Gasteiger partial charge in [-0.1, -0.05) is 24.1 Å². The third-order valence-corrected chi connectivity index (χ3v) is 5.25. The van der Waals surface area contributed by atoms with Gasteiger partial charge < -0.3 is 14.8 Å². The van der Waals surface area contributed by atoms with Gasteiger partial charge in [0, 0.05) is 25.2 Å². The predicted octanol–water partition coefficient (Wildman–Crippen LogP) is 5.89. The highest BCUT2D eigenvalue weighted by molar-refractivity contribution is 5.66. The van der Waals surface area contributed by atoms with Gasteiger partial charge in [0.25, 0.3) is 0 Å². The van der Waals surface area contributed by atoms with Crippen LogP contribution in [0, 0.1) is 0 Å². The van der Waals surface area contributed by atoms with Gasteiger partial charge >= 0.3 is 5.97 Å². The van der Waals surface area contributed by atoms with Gasteiger partial charge in [0.2, 0.25) is 0 Å². The number of nitrogens with one attached hydrogen (secondary N) is 1. The summed E-state index contributed by atoms with van der Waals surface area (Å²) in [6.45, 7) is 11.1. The fourth-order valence-corrected chi connectivity index (χ4v) is 3.67. The molecule has 2 aliphatic rings. The van der Waals surface area contributed by atoms with Crippen LogP contribution in [0.15, 0.2) is 58.1 Å². The average Bonchev–Trinajstić information content (AvgIpc) is 2.91. The third kappa shape index (κ3) is 7.96. The van der Waals surface area contributed by atoms with Gasteiger partial charge in [0.15, 0.2) is 0 Å². The average molecular weight is 400 g/mol. The molecule has 29 heavy (non-hydrogen) atoms. The van der Waals surface area contributed by atoms with Crippen LogP contribution in [0.3, 0.4) is 0 Å². The minimum atomic E-state index is -0.263. The van der Waals surface area contributed by atoms with Gasteiger partial charge in [-0.25, -0.2) is 0 Å². The quantitative estimate of drug-likeness (QED) is 0.329. The molecule has 0 bridgehead atoms. The van der Waals surface area contributed by atoms with E-state index in [4.69, 9.17) is 9.47 Å². The van der Waals surface area contributed by atoms with Gasteiger partial charge in [0.05, 0.1) is 6.10 Å². The molecule has 0 aromatic heterocycles. The first-order valence-corrected chi connectivity index (χ1v) is 10.8. The molecule has 0 atom stereocenters. The summed E-state index contributed by atoms with van der Waals surface area (Å²) in [5.41, 5.74) is 5.89. The molecule has 0 amide bonds. The second-order valence-corrected chi connectivity index (χ2v) is 8.36. The van der Waals surface area contributed by atoms with E-state index in [1.54, 1.807) is 0 Å². The van der Waals surface area contributed by atoms with Crippen LogP contribution in [-0.4, -0.2) is 25.2 Å². The molecule has 1 N–H and O–H groups in total. The van der Waals surface area contributed by atoms with Crippen molar-refractivity contribution in [1.82, 2.24) is 5.32 Å². The van der Waals surface area contributed by atoms with Crippen LogP contribution in [0.1, 0.15) is 73.1 Å². The first-order valence-electron chi connectivity index (χ1n) is 10.8. The first kappa shape index (κ1) is 23.1. The van der Waals surface area contributed by atoms with E-state index in [1.807, 2.05) is 6.20 Å². The van der Waals surface area contributed by atoms with E-state index in [0.717, 1.165) is 37.1 Å². The third-order valence-electron chi connectivity index (χ3n) is 5.25. The van der Waals surface area contributed by atoms with Crippen molar-refractivity contribution in [2.45, 2.75) is 79.2 Å². The highest BCUT2D eigenvalue weighted by atomic mass is 16.5. The van der Waals surface area contributed by atoms with Crippen LogP contribution in [0.2, 0.25) is 0 Å². The van der Waals surface area contributed by atoms with Crippen molar-refractivity contribution in [1.29, 1.82) is 0 Å². The minimum Gasteiger partial charge on any atom is -0.491 e. The Kier molecular flexibility index (Phi) is 9.30. The molecular formula is C25H37NO3. The maximum Gasteiger partial charge on any atom is 0.302 e. The lowest BCUT2D eigenvalue weighted by Crippen LogP contribution is -2.16. The Hall–Kier alpha value is -2.23. The van der Waals surface area contributed by atoms with Crippen LogP contribution in [0.5, 0.6) is 0 Å². The van der Waals surface area contributed by atoms with Crippen molar-refractivity contribution in [2.24, 2.45) is 0 Å². The number of carbonyl (C=O) groups excluding carboxylic acids is 1. The summed E-state index contributed by atoms with van der Waals surface area (Å²) in [5.74, 6) is 0.721. The highest BCUT2D eigenvalue weighted by Gasteiger charge is 2.16. The lowest BCUT2D eigenvalue weighted by atomic mass is 9.96. The molecule has 0 unspecified atom stereocenters. The van der Waals surface area contributed by atoms with Gasteiger partial charge in [-0.2, -0.15) is 0 Å². The topological polar surface area (TPSA) is 47.6 Å². The number of rotatable bonds is 7. The van der Waals surface area contributed by atoms with Crippen molar-refractivity contribution >= 4 is 5.97 Å². The number of carbonyl (C=O) groups is 1. The van der Waals surface area contributed by atoms with Crippen molar-refractivity contribution in [3.63, 3.8) is 0 Å². The largest absolute Gasteiger partial charge is 0.491 e. The second kappa shape index (κ2) is 11.7. The zero-order valence-electron chi connectivity index (χ0n) is 18.8. The molecule has 1 aliphatic heterocycles. The van der Waals surface area contributed by atoms with E-state index in [0.29, 0.717) is 6.10 Å². The Morgan fingerprint density at radius 3 is 2.41 bits per heavy atom. The Morgan fingerprint density at radius 1 is 1.07 bits per heavy atom. The molecule has 0 aromatic rings. The zero-order valence-corrected chi connectivity index (χ0v) is 18.8. The summed E-state index contributed by atoms with van der Waals surface area (Å²) in [5, 5.41) is 3.30. The lowest BCUT2D eigenvalue weighted by molar-refractivity contribution is -0.139. The van der Waals surface area contributed by atoms with Crippen LogP contribution < -0.4 is 5.32 Å². The second-order valence-electron chi connectivity index (χ2n) is 8.36. The van der Waals surface area contributed by atoms with Crippen molar-refractivity contribution < 1.29 is 14.3 Å². The Morgan fingerprint density at radius 2 is 1.79 bits per heavy atom. The maximum absolute atomic E-state index is 11.2. The molecule has 2 rings (SSSR count). The highest BCUT2D eigenvalue weighted by Crippen LogP contribution is 2.27. The molecule has 0 saturated heterocycles. The zero-order chi connectivity index (χ0) is 21.2. The maximum atomic E-state index is 11.2. The van der Waals surface area contributed by atoms with Gasteiger partial charge in [-0.05, 0) is 82.6 Å². The molecule has 1 heterocycles. The SMILES string of the molecule is CC(=O)OCC1=CNCCC(C(/C=C\C(OC2CCCCC2)=C(C)C)=C(C)C)=C1. The predicted molar refractivity (Wildman–Crippen MR) is 119 cm³/mol. The van der Waals surface area contributed by atoms with Crippen LogP contribution >= 0.6 is 0 Å². The molecule has 1 fully saturated rings. The summed E-state index contributed by atoms with van der Waals surface area (Å²) >= 11 is 0. The Bertz CT molecular complexity index is 723. The van der Waals surface area contributed by atoms with Crippen molar-refractivity contribution in [3.05, 3.63) is 58.1 Å². The first-order chi connectivity index (χ1) is 13.9. The Labute approximate surface area is 176 Å². The molecule has 1 saturated carbocycles. The van der Waals surface area contributed by atoms with E-state index in [9.17, 15) is 4.79 Å². The standard InChI is InChI=1S/C25H37NO3/c1-18(2)24(22-13-14-26-16-21(15-22)17-28-20(5)27)11-12-25(19(3)4)29-23-9-7-6-8-10-23/h11-12,15-16,23,26H,6-10,13-14,17H2,1-5H3/b12-11-. The summed E-state index contributed by atoms with van der Waals surface area (Å²) in [4.78, 5) is 11.2. The summed E-state index contributed by atoms with van der Waals surface area (Å²) < 4.78 is 11.5. The summed E-state index contributed by atoms with van der Waals surface area (Å²) in [6, 6.07) is 0. The number of allylic oxidation sites excluding steroid dienone is 5. The van der Waals surface area contributed by atoms with E-state index in [2.05, 4.69) is 51.2 Å². The van der Waals surface area contributed by atoms with Gasteiger partial charge in [-0.15, -0.1) is 0 Å². The molecular weight excluding hydrogens is 362 g/mol. The molecule has 4 nitrogen and oxygen atoms in total. The normalized spacial score (nSPS) is 17.6. The van der Waals surface area contributed by atoms with Gasteiger partial charge in [-0.3, -0.25) is 4.79 Å². The van der Waals surface area contributed by atoms with E-state index in [-0.39, 0.29) is 12.6 Å². The summed E-state index contributed by atoms with van der Waals surface area (Å²) in [7, 11) is 0. The van der Waals surface area contributed by atoms with Crippen molar-refractivity contribution in [2.75, 3.05) is 13.2 Å². The molecule has 160 valence electrons. The van der Waals surface area contributed by atoms with Crippen LogP contribution in [0.4, 0.5) is 0 Å². The fraction of sp³-hybridized carbons (Fsp3) is 0.560. The lowest BCUT2D eigenvalue weighted by Gasteiger charge is -2.24. The smallest absolute Gasteiger partial charge is 0.302 e. The molecule has 0 aromatic carbocycles. The number of hydrogen-bond acceptors (Lipinski definition) is 4. The fourth-order valence-electron chi connectivity index (χ4n) is 3.67. The Balaban J connectivity index is 2.19. The number of ether oxygens (including phenoxy) is 2. The van der Waals surface area contributed by atoms with Gasteiger partial charge in [0.1, 0.15) is 12.4 Å². The molecule has 4 heteroatoms. The van der Waals surface area contributed by atoms with E-state index >= 15 is 0 Å². The van der Waals surface area contributed by atoms with Crippen LogP contribution in [0.25, 0.3) is 0 Å². The molecule has 1 aliphatic carbocycles. The molecule has 0 radical (unpaired) electrons. The minimum absolute atomic E-state index is 0.263. The summed E-state index contributed by atoms with van der Waals surface area (Å²) in [6.07, 6.45) is 15.8. The van der Waals surface area contributed by atoms with Crippen molar-refractivity contribution in [3.8, 4) is 0 Å². The van der Waals surface area contributed by atoms with E-state index in [1.165, 1.54) is 48.5 Å². The monoisotopic (exact) mass is 399 g/mol. The number of hydrogen-bond donors (Lipinski definition) is 1. The van der Waals surface area contributed by atoms with E-state index < -0.39 is 0 Å². The molecule has 0 spiro atoms. The number of esters is 1. The van der Waals surface area contributed by atoms with Crippen LogP contribution in [-0.2, 0) is 14.3 Å².